The van der Waals surface area contributed by atoms with E-state index in [-0.39, 0.29) is 36.4 Å². The molecule has 1 aromatic heterocycles. The summed E-state index contributed by atoms with van der Waals surface area (Å²) in [5, 5.41) is 8.80. The van der Waals surface area contributed by atoms with Crippen molar-refractivity contribution in [1.82, 2.24) is 15.2 Å². The first-order valence-electron chi connectivity index (χ1n) is 7.93. The smallest absolute Gasteiger partial charge is 0.246 e. The first-order chi connectivity index (χ1) is 12.0. The minimum atomic E-state index is -0.395. The van der Waals surface area contributed by atoms with Crippen LogP contribution in [0.5, 0.6) is 0 Å². The number of rotatable bonds is 6. The summed E-state index contributed by atoms with van der Waals surface area (Å²) < 4.78 is 13.1. The lowest BCUT2D eigenvalue weighted by molar-refractivity contribution is -0.114. The lowest BCUT2D eigenvalue weighted by Crippen LogP contribution is -2.39. The van der Waals surface area contributed by atoms with E-state index < -0.39 is 5.82 Å². The number of halogens is 2. The van der Waals surface area contributed by atoms with Crippen LogP contribution >= 0.6 is 35.3 Å². The van der Waals surface area contributed by atoms with Gasteiger partial charge in [-0.1, -0.05) is 6.07 Å². The normalized spacial score (nSPS) is 10.8. The molecule has 0 saturated heterocycles. The zero-order valence-corrected chi connectivity index (χ0v) is 18.1. The molecule has 26 heavy (non-hydrogen) atoms. The molecule has 0 radical (unpaired) electrons. The number of aromatic nitrogens is 1. The minimum Gasteiger partial charge on any atom is -0.357 e. The zero-order valence-electron chi connectivity index (χ0n) is 15.0. The molecule has 2 rings (SSSR count). The minimum absolute atomic E-state index is 0. The summed E-state index contributed by atoms with van der Waals surface area (Å²) in [6, 6.07) is 5.77. The van der Waals surface area contributed by atoms with E-state index in [1.165, 1.54) is 12.1 Å². The number of aryl methyl sites for hydroxylation is 1. The predicted octanol–water partition coefficient (Wildman–Crippen LogP) is 3.24. The molecule has 142 valence electrons. The monoisotopic (exact) mass is 491 g/mol. The first kappa shape index (κ1) is 22.3. The Morgan fingerprint density at radius 2 is 2.19 bits per heavy atom. The van der Waals surface area contributed by atoms with Crippen LogP contribution in [0.15, 0.2) is 34.6 Å². The number of anilines is 1. The second-order valence-electron chi connectivity index (χ2n) is 5.44. The van der Waals surface area contributed by atoms with E-state index in [9.17, 15) is 9.18 Å². The summed E-state index contributed by atoms with van der Waals surface area (Å²) in [6.45, 7) is 5.15. The van der Waals surface area contributed by atoms with Crippen LogP contribution in [0.2, 0.25) is 0 Å². The molecule has 0 saturated carbocycles. The quantitative estimate of drug-likeness (QED) is 0.370. The Morgan fingerprint density at radius 3 is 2.81 bits per heavy atom. The van der Waals surface area contributed by atoms with Crippen LogP contribution in [0.4, 0.5) is 10.1 Å². The molecule has 1 aromatic carbocycles. The van der Waals surface area contributed by atoms with Gasteiger partial charge in [0.25, 0.3) is 0 Å². The Hall–Kier alpha value is -1.75. The Bertz CT molecular complexity index is 752. The fourth-order valence-corrected chi connectivity index (χ4v) is 2.79. The van der Waals surface area contributed by atoms with Gasteiger partial charge in [0.05, 0.1) is 17.2 Å². The first-order valence-corrected chi connectivity index (χ1v) is 8.81. The van der Waals surface area contributed by atoms with E-state index in [1.54, 1.807) is 23.5 Å². The maximum atomic E-state index is 13.1. The summed E-state index contributed by atoms with van der Waals surface area (Å²) in [5.41, 5.74) is 1.37. The van der Waals surface area contributed by atoms with Crippen molar-refractivity contribution < 1.29 is 9.18 Å². The number of carbonyl (C=O) groups is 1. The average Bonchev–Trinajstić information content (AvgIpc) is 2.96. The Morgan fingerprint density at radius 1 is 1.42 bits per heavy atom. The van der Waals surface area contributed by atoms with Crippen molar-refractivity contribution >= 4 is 52.9 Å². The van der Waals surface area contributed by atoms with E-state index in [2.05, 4.69) is 20.6 Å². The molecule has 0 bridgehead atoms. The fourth-order valence-electron chi connectivity index (χ4n) is 2.18. The highest BCUT2D eigenvalue weighted by Gasteiger charge is 2.10. The molecule has 6 nitrogen and oxygen atoms in total. The Labute approximate surface area is 173 Å². The van der Waals surface area contributed by atoms with Crippen LogP contribution in [0.1, 0.15) is 17.6 Å². The van der Waals surface area contributed by atoms with Crippen molar-refractivity contribution in [1.29, 1.82) is 0 Å². The number of benzene rings is 1. The SMILES string of the molecule is CCNC(=NCC(=O)Nc1cccc(F)c1)N(C)Cc1csc(C)n1.I. The number of thiazole rings is 1. The standard InChI is InChI=1S/C17H22FN5OS.HI/c1-4-19-17(23(3)10-15-11-25-12(2)21-15)20-9-16(24)22-14-7-5-6-13(18)8-14;/h5-8,11H,4,9-10H2,1-3H3,(H,19,20)(H,22,24);1H. The highest BCUT2D eigenvalue weighted by Crippen LogP contribution is 2.10. The van der Waals surface area contributed by atoms with Crippen LogP contribution in [0.3, 0.4) is 0 Å². The second kappa shape index (κ2) is 11.1. The topological polar surface area (TPSA) is 69.6 Å². The van der Waals surface area contributed by atoms with Gasteiger partial charge in [-0.25, -0.2) is 14.4 Å². The lowest BCUT2D eigenvalue weighted by Gasteiger charge is -2.21. The van der Waals surface area contributed by atoms with Gasteiger partial charge in [0, 0.05) is 24.7 Å². The molecule has 2 N–H and O–H groups in total. The highest BCUT2D eigenvalue weighted by molar-refractivity contribution is 14.0. The van der Waals surface area contributed by atoms with Gasteiger partial charge in [-0.05, 0) is 32.0 Å². The van der Waals surface area contributed by atoms with Crippen LogP contribution in [-0.2, 0) is 11.3 Å². The summed E-state index contributed by atoms with van der Waals surface area (Å²) in [4.78, 5) is 22.7. The predicted molar refractivity (Wildman–Crippen MR) is 115 cm³/mol. The number of hydrogen-bond donors (Lipinski definition) is 2. The molecule has 0 atom stereocenters. The third-order valence-electron chi connectivity index (χ3n) is 3.24. The summed E-state index contributed by atoms with van der Waals surface area (Å²) >= 11 is 1.60. The average molecular weight is 491 g/mol. The molecule has 0 aliphatic rings. The van der Waals surface area contributed by atoms with Crippen LogP contribution in [0.25, 0.3) is 0 Å². The number of nitrogens with one attached hydrogen (secondary N) is 2. The number of carbonyl (C=O) groups excluding carboxylic acids is 1. The summed E-state index contributed by atoms with van der Waals surface area (Å²) in [6.07, 6.45) is 0. The molecule has 0 aliphatic heterocycles. The largest absolute Gasteiger partial charge is 0.357 e. The molecule has 9 heteroatoms. The van der Waals surface area contributed by atoms with Crippen molar-refractivity contribution in [3.8, 4) is 0 Å². The summed E-state index contributed by atoms with van der Waals surface area (Å²) in [5.74, 6) is -0.0885. The van der Waals surface area contributed by atoms with Gasteiger partial charge < -0.3 is 15.5 Å². The third-order valence-corrected chi connectivity index (χ3v) is 4.07. The van der Waals surface area contributed by atoms with Crippen molar-refractivity contribution in [3.05, 3.63) is 46.2 Å². The number of amides is 1. The van der Waals surface area contributed by atoms with Crippen molar-refractivity contribution in [2.24, 2.45) is 4.99 Å². The van der Waals surface area contributed by atoms with Gasteiger partial charge in [-0.2, -0.15) is 0 Å². The number of aliphatic imine (C=N–C) groups is 1. The number of guanidine groups is 1. The number of hydrogen-bond acceptors (Lipinski definition) is 4. The van der Waals surface area contributed by atoms with Crippen LogP contribution < -0.4 is 10.6 Å². The molecule has 1 amide bonds. The molecule has 0 fully saturated rings. The van der Waals surface area contributed by atoms with Crippen molar-refractivity contribution in [3.63, 3.8) is 0 Å². The zero-order chi connectivity index (χ0) is 18.2. The fraction of sp³-hybridized carbons (Fsp3) is 0.353. The Balaban J connectivity index is 0.00000338. The molecule has 0 aliphatic carbocycles. The lowest BCUT2D eigenvalue weighted by atomic mass is 10.3. The van der Waals surface area contributed by atoms with Gasteiger partial charge in [-0.3, -0.25) is 4.79 Å². The molecule has 0 unspecified atom stereocenters. The van der Waals surface area contributed by atoms with E-state index >= 15 is 0 Å². The van der Waals surface area contributed by atoms with Crippen LogP contribution in [-0.4, -0.2) is 41.9 Å². The molecule has 0 spiro atoms. The van der Waals surface area contributed by atoms with Gasteiger partial charge in [0.2, 0.25) is 5.91 Å². The maximum Gasteiger partial charge on any atom is 0.246 e. The third kappa shape index (κ3) is 7.24. The van der Waals surface area contributed by atoms with Gasteiger partial charge in [0.1, 0.15) is 12.4 Å². The van der Waals surface area contributed by atoms with E-state index in [0.29, 0.717) is 24.7 Å². The van der Waals surface area contributed by atoms with E-state index in [4.69, 9.17) is 0 Å². The molecular weight excluding hydrogens is 468 g/mol. The summed E-state index contributed by atoms with van der Waals surface area (Å²) in [7, 11) is 1.89. The second-order valence-corrected chi connectivity index (χ2v) is 6.50. The van der Waals surface area contributed by atoms with Gasteiger partial charge in [-0.15, -0.1) is 35.3 Å². The van der Waals surface area contributed by atoms with E-state index in [0.717, 1.165) is 10.7 Å². The maximum absolute atomic E-state index is 13.1. The molecular formula is C17H23FIN5OS. The Kier molecular flexibility index (Phi) is 9.49. The van der Waals surface area contributed by atoms with Crippen molar-refractivity contribution in [2.75, 3.05) is 25.5 Å². The van der Waals surface area contributed by atoms with E-state index in [1.807, 2.05) is 31.2 Å². The van der Waals surface area contributed by atoms with Gasteiger partial charge >= 0.3 is 0 Å². The highest BCUT2D eigenvalue weighted by atomic mass is 127. The number of nitrogens with zero attached hydrogens (tertiary/aromatic N) is 3. The van der Waals surface area contributed by atoms with Crippen molar-refractivity contribution in [2.45, 2.75) is 20.4 Å². The van der Waals surface area contributed by atoms with Crippen LogP contribution in [0, 0.1) is 12.7 Å². The van der Waals surface area contributed by atoms with Gasteiger partial charge in [0.15, 0.2) is 5.96 Å². The molecule has 1 heterocycles. The molecule has 2 aromatic rings.